The van der Waals surface area contributed by atoms with E-state index in [9.17, 15) is 10.1 Å². The minimum atomic E-state index is -0.247. The molecule has 0 aliphatic heterocycles. The summed E-state index contributed by atoms with van der Waals surface area (Å²) in [5.41, 5.74) is 2.25. The molecule has 228 valence electrons. The number of methoxy groups -OCH3 is 2. The lowest BCUT2D eigenvalue weighted by Crippen LogP contribution is -2.49. The van der Waals surface area contributed by atoms with E-state index in [1.54, 1.807) is 36.8 Å². The highest BCUT2D eigenvalue weighted by Gasteiger charge is 2.31. The molecular weight excluding hydrogens is 588 g/mol. The zero-order valence-corrected chi connectivity index (χ0v) is 25.0. The van der Waals surface area contributed by atoms with Crippen LogP contribution in [0.2, 0.25) is 5.02 Å². The number of hydrogen-bond donors (Lipinski definition) is 3. The van der Waals surface area contributed by atoms with Crippen LogP contribution in [0.4, 0.5) is 16.6 Å². The van der Waals surface area contributed by atoms with Gasteiger partial charge in [-0.15, -0.1) is 0 Å². The van der Waals surface area contributed by atoms with Crippen LogP contribution in [0.5, 0.6) is 6.01 Å². The van der Waals surface area contributed by atoms with E-state index in [0.29, 0.717) is 71.8 Å². The molecule has 0 aromatic carbocycles. The molecule has 1 aliphatic carbocycles. The Bertz CT molecular complexity index is 1580. The van der Waals surface area contributed by atoms with Crippen molar-refractivity contribution in [3.8, 4) is 34.7 Å². The van der Waals surface area contributed by atoms with Crippen molar-refractivity contribution in [1.29, 1.82) is 5.26 Å². The van der Waals surface area contributed by atoms with Crippen LogP contribution in [0, 0.1) is 11.3 Å². The molecule has 0 radical (unpaired) electrons. The largest absolute Gasteiger partial charge is 0.467 e. The van der Waals surface area contributed by atoms with Gasteiger partial charge in [-0.2, -0.15) is 10.4 Å². The van der Waals surface area contributed by atoms with E-state index in [-0.39, 0.29) is 29.7 Å². The average molecular weight is 619 g/mol. The van der Waals surface area contributed by atoms with E-state index in [2.05, 4.69) is 56.8 Å². The Morgan fingerprint density at radius 2 is 1.86 bits per heavy atom. The van der Waals surface area contributed by atoms with Gasteiger partial charge in [-0.25, -0.2) is 29.7 Å². The highest BCUT2D eigenvalue weighted by Crippen LogP contribution is 2.30. The van der Waals surface area contributed by atoms with Crippen LogP contribution < -0.4 is 20.3 Å². The van der Waals surface area contributed by atoms with Gasteiger partial charge in [-0.1, -0.05) is 11.6 Å². The summed E-state index contributed by atoms with van der Waals surface area (Å²) in [7, 11) is 3.12. The highest BCUT2D eigenvalue weighted by molar-refractivity contribution is 6.32. The number of halogens is 1. The van der Waals surface area contributed by atoms with Crippen molar-refractivity contribution in [2.45, 2.75) is 44.2 Å². The Morgan fingerprint density at radius 1 is 1.07 bits per heavy atom. The zero-order chi connectivity index (χ0) is 30.9. The summed E-state index contributed by atoms with van der Waals surface area (Å²) in [6, 6.07) is 2.04. The number of hydrogen-bond acceptors (Lipinski definition) is 12. The quantitative estimate of drug-likeness (QED) is 0.207. The minimum Gasteiger partial charge on any atom is -0.467 e. The number of rotatable bonds is 11. The summed E-state index contributed by atoms with van der Waals surface area (Å²) >= 11 is 6.22. The molecule has 0 saturated heterocycles. The number of nitriles is 1. The minimum absolute atomic E-state index is 0.0526. The van der Waals surface area contributed by atoms with Crippen LogP contribution in [0.1, 0.15) is 37.7 Å². The first-order chi connectivity index (χ1) is 21.5. The SMILES string of the molecule is COCCCNC(=O)N(c1cnc(-c2cnc(OC)nc2)cn1)[C@H]1CC[C@H](Nc2ncc(C#N)c(-c3n[nH]cc3Cl)n2)CC1. The van der Waals surface area contributed by atoms with E-state index in [1.165, 1.54) is 19.5 Å². The van der Waals surface area contributed by atoms with Gasteiger partial charge >= 0.3 is 12.0 Å². The molecule has 0 unspecified atom stereocenters. The summed E-state index contributed by atoms with van der Waals surface area (Å²) in [5.74, 6) is 0.818. The molecule has 1 saturated carbocycles. The number of carbonyl (C=O) groups is 1. The molecule has 0 bridgehead atoms. The Hall–Kier alpha value is -4.94. The molecule has 15 nitrogen and oxygen atoms in total. The van der Waals surface area contributed by atoms with Gasteiger partial charge in [0.2, 0.25) is 5.95 Å². The molecule has 1 aliphatic rings. The summed E-state index contributed by atoms with van der Waals surface area (Å²) in [4.78, 5) is 41.3. The van der Waals surface area contributed by atoms with Crippen LogP contribution in [0.25, 0.3) is 22.6 Å². The zero-order valence-electron chi connectivity index (χ0n) is 24.2. The Morgan fingerprint density at radius 3 is 2.50 bits per heavy atom. The Kier molecular flexibility index (Phi) is 10.1. The molecule has 5 rings (SSSR count). The van der Waals surface area contributed by atoms with E-state index in [0.717, 1.165) is 12.8 Å². The maximum atomic E-state index is 13.4. The van der Waals surface area contributed by atoms with Crippen LogP contribution in [0.3, 0.4) is 0 Å². The van der Waals surface area contributed by atoms with Crippen LogP contribution in [0.15, 0.2) is 37.2 Å². The molecule has 4 heterocycles. The van der Waals surface area contributed by atoms with Crippen molar-refractivity contribution in [2.24, 2.45) is 0 Å². The predicted molar refractivity (Wildman–Crippen MR) is 161 cm³/mol. The van der Waals surface area contributed by atoms with Crippen molar-refractivity contribution in [3.63, 3.8) is 0 Å². The lowest BCUT2D eigenvalue weighted by Gasteiger charge is -2.36. The van der Waals surface area contributed by atoms with Gasteiger partial charge in [-0.05, 0) is 32.1 Å². The molecule has 2 amide bonds. The van der Waals surface area contributed by atoms with E-state index in [1.807, 2.05) is 0 Å². The number of nitrogens with one attached hydrogen (secondary N) is 3. The van der Waals surface area contributed by atoms with Gasteiger partial charge in [-0.3, -0.25) is 15.0 Å². The Balaban J connectivity index is 1.28. The summed E-state index contributed by atoms with van der Waals surface area (Å²) in [5, 5.41) is 23.0. The number of ether oxygens (including phenoxy) is 2. The first kappa shape index (κ1) is 30.5. The van der Waals surface area contributed by atoms with Gasteiger partial charge in [0.25, 0.3) is 0 Å². The maximum absolute atomic E-state index is 13.4. The second-order valence-corrected chi connectivity index (χ2v) is 10.4. The number of carbonyl (C=O) groups excluding carboxylic acids is 1. The maximum Gasteiger partial charge on any atom is 0.323 e. The van der Waals surface area contributed by atoms with Gasteiger partial charge in [0, 0.05) is 56.5 Å². The highest BCUT2D eigenvalue weighted by atomic mass is 35.5. The number of anilines is 2. The summed E-state index contributed by atoms with van der Waals surface area (Å²) < 4.78 is 10.1. The molecule has 16 heteroatoms. The van der Waals surface area contributed by atoms with Crippen molar-refractivity contribution in [1.82, 2.24) is 45.4 Å². The third-order valence-corrected chi connectivity index (χ3v) is 7.42. The predicted octanol–water partition coefficient (Wildman–Crippen LogP) is 3.62. The molecule has 4 aromatic rings. The number of H-pyrrole nitrogens is 1. The van der Waals surface area contributed by atoms with Gasteiger partial charge < -0.3 is 20.1 Å². The first-order valence-electron chi connectivity index (χ1n) is 14.0. The van der Waals surface area contributed by atoms with Crippen molar-refractivity contribution >= 4 is 29.4 Å². The van der Waals surface area contributed by atoms with Crippen molar-refractivity contribution in [2.75, 3.05) is 37.6 Å². The topological polar surface area (TPSA) is 193 Å². The van der Waals surface area contributed by atoms with E-state index >= 15 is 0 Å². The Labute approximate surface area is 258 Å². The third-order valence-electron chi connectivity index (χ3n) is 7.13. The monoisotopic (exact) mass is 618 g/mol. The lowest BCUT2D eigenvalue weighted by molar-refractivity contribution is 0.193. The molecule has 0 spiro atoms. The van der Waals surface area contributed by atoms with E-state index in [4.69, 9.17) is 21.1 Å². The summed E-state index contributed by atoms with van der Waals surface area (Å²) in [6.45, 7) is 1.01. The normalized spacial score (nSPS) is 16.1. The second-order valence-electron chi connectivity index (χ2n) is 9.97. The van der Waals surface area contributed by atoms with Gasteiger partial charge in [0.05, 0.1) is 42.0 Å². The number of nitrogens with zero attached hydrogens (tertiary/aromatic N) is 9. The fraction of sp³-hybridized carbons (Fsp3) is 0.393. The van der Waals surface area contributed by atoms with Crippen molar-refractivity contribution in [3.05, 3.63) is 47.8 Å². The second kappa shape index (κ2) is 14.5. The van der Waals surface area contributed by atoms with Crippen LogP contribution >= 0.6 is 11.6 Å². The third kappa shape index (κ3) is 7.16. The molecule has 0 atom stereocenters. The fourth-order valence-corrected chi connectivity index (χ4v) is 5.10. The van der Waals surface area contributed by atoms with Crippen LogP contribution in [-0.2, 0) is 4.74 Å². The number of aromatic nitrogens is 8. The van der Waals surface area contributed by atoms with Gasteiger partial charge in [0.1, 0.15) is 17.5 Å². The number of urea groups is 1. The molecule has 44 heavy (non-hydrogen) atoms. The van der Waals surface area contributed by atoms with Crippen LogP contribution in [-0.4, -0.2) is 85.6 Å². The molecular formula is C28H31ClN12O3. The number of aromatic amines is 1. The van der Waals surface area contributed by atoms with E-state index < -0.39 is 0 Å². The fourth-order valence-electron chi connectivity index (χ4n) is 4.92. The van der Waals surface area contributed by atoms with Crippen molar-refractivity contribution < 1.29 is 14.3 Å². The number of amides is 2. The molecule has 3 N–H and O–H groups in total. The standard InChI is InChI=1S/C28H31ClN12O3/c1-43-9-3-8-31-28(42)41(23-16-32-22(15-33-23)18-12-35-27(44-2)36-13-18)20-6-4-19(5-7-20)38-26-34-11-17(10-30)24(39-26)25-21(29)14-37-40-25/h11-16,19-20H,3-9H2,1-2H3,(H,31,42)(H,37,40)(H,34,38,39)/t19-,20-. The smallest absolute Gasteiger partial charge is 0.323 e. The molecule has 4 aromatic heterocycles. The molecule has 1 fully saturated rings. The first-order valence-corrected chi connectivity index (χ1v) is 14.4. The average Bonchev–Trinajstić information content (AvgIpc) is 3.50. The summed E-state index contributed by atoms with van der Waals surface area (Å²) in [6.07, 6.45) is 13.0. The van der Waals surface area contributed by atoms with Gasteiger partial charge in [0.15, 0.2) is 5.82 Å². The lowest BCUT2D eigenvalue weighted by atomic mass is 9.90.